The highest BCUT2D eigenvalue weighted by molar-refractivity contribution is 6.31. The molecule has 2 rings (SSSR count). The number of hydrogen-bond acceptors (Lipinski definition) is 2. The summed E-state index contributed by atoms with van der Waals surface area (Å²) < 4.78 is 0. The first-order chi connectivity index (χ1) is 8.83. The maximum atomic E-state index is 6.35. The second-order valence-electron chi connectivity index (χ2n) is 4.69. The molecule has 0 aliphatic carbocycles. The second-order valence-corrected chi connectivity index (χ2v) is 5.10. The number of halogens is 3. The molecule has 0 bridgehead atoms. The van der Waals surface area contributed by atoms with Gasteiger partial charge < -0.3 is 5.32 Å². The number of nitrogens with one attached hydrogen (secondary N) is 1. The van der Waals surface area contributed by atoms with Crippen LogP contribution in [-0.4, -0.2) is 31.1 Å². The van der Waals surface area contributed by atoms with Crippen LogP contribution in [0.3, 0.4) is 0 Å². The van der Waals surface area contributed by atoms with Gasteiger partial charge in [0.2, 0.25) is 0 Å². The van der Waals surface area contributed by atoms with Crippen molar-refractivity contribution in [2.45, 2.75) is 18.9 Å². The van der Waals surface area contributed by atoms with Crippen LogP contribution in [0.15, 0.2) is 36.9 Å². The first kappa shape index (κ1) is 19.8. The molecule has 1 atom stereocenters. The third-order valence-corrected chi connectivity index (χ3v) is 3.85. The van der Waals surface area contributed by atoms with Crippen molar-refractivity contribution in [2.75, 3.05) is 26.2 Å². The fourth-order valence-corrected chi connectivity index (χ4v) is 2.81. The summed E-state index contributed by atoms with van der Waals surface area (Å²) in [5.74, 6) is 0. The van der Waals surface area contributed by atoms with E-state index >= 15 is 0 Å². The molecule has 1 fully saturated rings. The van der Waals surface area contributed by atoms with Gasteiger partial charge in [-0.1, -0.05) is 35.9 Å². The van der Waals surface area contributed by atoms with Gasteiger partial charge in [-0.25, -0.2) is 0 Å². The van der Waals surface area contributed by atoms with Crippen LogP contribution < -0.4 is 5.32 Å². The number of nitrogens with zero attached hydrogens (tertiary/aromatic N) is 1. The van der Waals surface area contributed by atoms with Crippen LogP contribution in [0.25, 0.3) is 0 Å². The molecule has 1 aliphatic rings. The molecular formula is C15H23Cl3N2. The molecule has 0 amide bonds. The highest BCUT2D eigenvalue weighted by Crippen LogP contribution is 2.31. The Morgan fingerprint density at radius 3 is 2.50 bits per heavy atom. The number of allylic oxidation sites excluding steroid dienone is 1. The zero-order valence-corrected chi connectivity index (χ0v) is 13.9. The van der Waals surface area contributed by atoms with Crippen molar-refractivity contribution in [3.8, 4) is 0 Å². The monoisotopic (exact) mass is 336 g/mol. The summed E-state index contributed by atoms with van der Waals surface area (Å²) >= 11 is 6.35. The molecule has 1 aromatic rings. The smallest absolute Gasteiger partial charge is 0.0453 e. The summed E-state index contributed by atoms with van der Waals surface area (Å²) in [6.07, 6.45) is 4.11. The van der Waals surface area contributed by atoms with Gasteiger partial charge in [-0.15, -0.1) is 31.4 Å². The minimum absolute atomic E-state index is 0. The van der Waals surface area contributed by atoms with Crippen molar-refractivity contribution in [3.63, 3.8) is 0 Å². The topological polar surface area (TPSA) is 15.3 Å². The Bertz CT molecular complexity index is 392. The van der Waals surface area contributed by atoms with Gasteiger partial charge in [-0.05, 0) is 24.5 Å². The van der Waals surface area contributed by atoms with Crippen LogP contribution in [0.1, 0.15) is 24.4 Å². The molecule has 1 heterocycles. The summed E-state index contributed by atoms with van der Waals surface area (Å²) in [5, 5.41) is 4.28. The van der Waals surface area contributed by atoms with E-state index in [0.717, 1.165) is 44.0 Å². The molecule has 1 aromatic carbocycles. The van der Waals surface area contributed by atoms with Crippen molar-refractivity contribution in [2.24, 2.45) is 0 Å². The van der Waals surface area contributed by atoms with Crippen molar-refractivity contribution < 1.29 is 0 Å². The van der Waals surface area contributed by atoms with E-state index in [2.05, 4.69) is 28.9 Å². The van der Waals surface area contributed by atoms with Crippen LogP contribution in [0.2, 0.25) is 5.02 Å². The minimum Gasteiger partial charge on any atom is -0.314 e. The van der Waals surface area contributed by atoms with Crippen LogP contribution in [0, 0.1) is 0 Å². The van der Waals surface area contributed by atoms with Gasteiger partial charge in [-0.2, -0.15) is 0 Å². The lowest BCUT2D eigenvalue weighted by molar-refractivity contribution is 0.166. The summed E-state index contributed by atoms with van der Waals surface area (Å²) in [5.41, 5.74) is 1.25. The van der Waals surface area contributed by atoms with E-state index < -0.39 is 0 Å². The van der Waals surface area contributed by atoms with Gasteiger partial charge in [0, 0.05) is 37.2 Å². The first-order valence-corrected chi connectivity index (χ1v) is 7.01. The van der Waals surface area contributed by atoms with Crippen molar-refractivity contribution >= 4 is 36.4 Å². The Morgan fingerprint density at radius 1 is 1.25 bits per heavy atom. The zero-order chi connectivity index (χ0) is 12.8. The van der Waals surface area contributed by atoms with E-state index in [1.165, 1.54) is 5.56 Å². The van der Waals surface area contributed by atoms with E-state index in [1.807, 2.05) is 18.2 Å². The Hall–Kier alpha value is -0.250. The fraction of sp³-hybridized carbons (Fsp3) is 0.467. The predicted molar refractivity (Wildman–Crippen MR) is 92.6 cm³/mol. The average Bonchev–Trinajstić information content (AvgIpc) is 2.42. The molecule has 5 heteroatoms. The molecule has 0 radical (unpaired) electrons. The lowest BCUT2D eigenvalue weighted by Gasteiger charge is -2.35. The predicted octanol–water partition coefficient (Wildman–Crippen LogP) is 4.10. The molecule has 114 valence electrons. The van der Waals surface area contributed by atoms with Gasteiger partial charge in [0.1, 0.15) is 0 Å². The Labute approximate surface area is 139 Å². The average molecular weight is 338 g/mol. The van der Waals surface area contributed by atoms with Crippen LogP contribution in [0.4, 0.5) is 0 Å². The lowest BCUT2D eigenvalue weighted by Crippen LogP contribution is -2.45. The fourth-order valence-electron chi connectivity index (χ4n) is 2.55. The molecule has 0 saturated carbocycles. The van der Waals surface area contributed by atoms with Gasteiger partial charge in [0.05, 0.1) is 0 Å². The van der Waals surface area contributed by atoms with Crippen LogP contribution in [-0.2, 0) is 0 Å². The normalized spacial score (nSPS) is 16.6. The van der Waals surface area contributed by atoms with Crippen LogP contribution in [0.5, 0.6) is 0 Å². The molecule has 1 saturated heterocycles. The van der Waals surface area contributed by atoms with E-state index in [9.17, 15) is 0 Å². The molecule has 20 heavy (non-hydrogen) atoms. The standard InChI is InChI=1S/C15H21ClN2.2ClH/c1-2-3-8-15(18-11-9-17-10-12-18)13-6-4-5-7-14(13)16;;/h2,4-7,15,17H,1,3,8-12H2;2*1H/t15-;;/m0../s1. The maximum Gasteiger partial charge on any atom is 0.0453 e. The number of piperazine rings is 1. The first-order valence-electron chi connectivity index (χ1n) is 6.63. The third kappa shape index (κ3) is 5.27. The molecule has 0 aromatic heterocycles. The van der Waals surface area contributed by atoms with E-state index in [4.69, 9.17) is 11.6 Å². The third-order valence-electron chi connectivity index (χ3n) is 3.50. The van der Waals surface area contributed by atoms with Gasteiger partial charge in [-0.3, -0.25) is 4.90 Å². The number of benzene rings is 1. The Kier molecular flexibility index (Phi) is 10.3. The molecular weight excluding hydrogens is 315 g/mol. The molecule has 0 unspecified atom stereocenters. The van der Waals surface area contributed by atoms with Crippen molar-refractivity contribution in [1.82, 2.24) is 10.2 Å². The molecule has 2 nitrogen and oxygen atoms in total. The van der Waals surface area contributed by atoms with E-state index in [1.54, 1.807) is 0 Å². The van der Waals surface area contributed by atoms with Crippen molar-refractivity contribution in [3.05, 3.63) is 47.5 Å². The zero-order valence-electron chi connectivity index (χ0n) is 11.6. The number of hydrogen-bond donors (Lipinski definition) is 1. The quantitative estimate of drug-likeness (QED) is 0.814. The molecule has 0 spiro atoms. The minimum atomic E-state index is 0. The Balaban J connectivity index is 0.00000180. The van der Waals surface area contributed by atoms with Crippen LogP contribution >= 0.6 is 36.4 Å². The lowest BCUT2D eigenvalue weighted by atomic mass is 9.99. The maximum absolute atomic E-state index is 6.35. The summed E-state index contributed by atoms with van der Waals surface area (Å²) in [7, 11) is 0. The number of rotatable bonds is 5. The van der Waals surface area contributed by atoms with Gasteiger partial charge >= 0.3 is 0 Å². The van der Waals surface area contributed by atoms with E-state index in [-0.39, 0.29) is 24.8 Å². The van der Waals surface area contributed by atoms with Crippen molar-refractivity contribution in [1.29, 1.82) is 0 Å². The van der Waals surface area contributed by atoms with Gasteiger partial charge in [0.15, 0.2) is 0 Å². The summed E-state index contributed by atoms with van der Waals surface area (Å²) in [4.78, 5) is 2.53. The Morgan fingerprint density at radius 2 is 1.90 bits per heavy atom. The highest BCUT2D eigenvalue weighted by atomic mass is 35.5. The molecule has 1 aliphatic heterocycles. The molecule has 1 N–H and O–H groups in total. The van der Waals surface area contributed by atoms with E-state index in [0.29, 0.717) is 6.04 Å². The largest absolute Gasteiger partial charge is 0.314 e. The van der Waals surface area contributed by atoms with Gasteiger partial charge in [0.25, 0.3) is 0 Å². The SMILES string of the molecule is C=CCC[C@@H](c1ccccc1Cl)N1CCNCC1.Cl.Cl. The summed E-state index contributed by atoms with van der Waals surface area (Å²) in [6.45, 7) is 8.14. The summed E-state index contributed by atoms with van der Waals surface area (Å²) in [6, 6.07) is 8.62. The highest BCUT2D eigenvalue weighted by Gasteiger charge is 2.22. The second kappa shape index (κ2) is 10.5.